The minimum absolute atomic E-state index is 0.0637. The Morgan fingerprint density at radius 3 is 2.53 bits per heavy atom. The number of aryl methyl sites for hydroxylation is 1. The van der Waals surface area contributed by atoms with E-state index in [1.165, 1.54) is 20.3 Å². The molecule has 102 valence electrons. The first-order chi connectivity index (χ1) is 8.99. The highest BCUT2D eigenvalue weighted by Crippen LogP contribution is 2.24. The number of carbonyl (C=O) groups is 2. The lowest BCUT2D eigenvalue weighted by atomic mass is 10.0. The molecular formula is C14H16O5. The van der Waals surface area contributed by atoms with Crippen LogP contribution in [0.25, 0.3) is 6.08 Å². The van der Waals surface area contributed by atoms with Gasteiger partial charge in [-0.05, 0) is 18.6 Å². The molecule has 0 saturated heterocycles. The van der Waals surface area contributed by atoms with E-state index < -0.39 is 11.9 Å². The van der Waals surface area contributed by atoms with Crippen LogP contribution in [-0.4, -0.2) is 31.3 Å². The first-order valence-corrected chi connectivity index (χ1v) is 5.64. The Bertz CT molecular complexity index is 517. The van der Waals surface area contributed by atoms with Gasteiger partial charge < -0.3 is 14.6 Å². The normalized spacial score (nSPS) is 11.0. The van der Waals surface area contributed by atoms with E-state index in [-0.39, 0.29) is 17.7 Å². The smallest absolute Gasteiger partial charge is 0.334 e. The molecule has 1 rings (SSSR count). The van der Waals surface area contributed by atoms with Crippen LogP contribution in [0, 0.1) is 6.92 Å². The molecule has 0 spiro atoms. The van der Waals surface area contributed by atoms with Gasteiger partial charge in [-0.2, -0.15) is 0 Å². The first-order valence-electron chi connectivity index (χ1n) is 5.64. The number of methoxy groups -OCH3 is 2. The summed E-state index contributed by atoms with van der Waals surface area (Å²) in [4.78, 5) is 22.8. The number of ether oxygens (including phenoxy) is 2. The van der Waals surface area contributed by atoms with Crippen LogP contribution in [0.5, 0.6) is 5.75 Å². The van der Waals surface area contributed by atoms with Gasteiger partial charge in [0.25, 0.3) is 0 Å². The van der Waals surface area contributed by atoms with Gasteiger partial charge in [0.2, 0.25) is 0 Å². The van der Waals surface area contributed by atoms with Gasteiger partial charge in [-0.1, -0.05) is 18.2 Å². The Morgan fingerprint density at radius 2 is 1.95 bits per heavy atom. The molecule has 0 aliphatic rings. The second-order valence-corrected chi connectivity index (χ2v) is 3.93. The molecule has 0 unspecified atom stereocenters. The van der Waals surface area contributed by atoms with Crippen LogP contribution in [-0.2, 0) is 19.1 Å². The molecule has 0 bridgehead atoms. The molecule has 0 aromatic heterocycles. The second-order valence-electron chi connectivity index (χ2n) is 3.93. The summed E-state index contributed by atoms with van der Waals surface area (Å²) < 4.78 is 9.12. The molecule has 1 aromatic rings. The van der Waals surface area contributed by atoms with E-state index in [2.05, 4.69) is 9.47 Å². The topological polar surface area (TPSA) is 72.8 Å². The number of carbonyl (C=O) groups excluding carboxylic acids is 2. The quantitative estimate of drug-likeness (QED) is 0.663. The number of rotatable bonds is 4. The molecule has 1 N–H and O–H groups in total. The molecule has 0 saturated carbocycles. The summed E-state index contributed by atoms with van der Waals surface area (Å²) in [7, 11) is 2.46. The van der Waals surface area contributed by atoms with Crippen molar-refractivity contribution in [2.45, 2.75) is 13.3 Å². The van der Waals surface area contributed by atoms with Crippen LogP contribution >= 0.6 is 0 Å². The fraction of sp³-hybridized carbons (Fsp3) is 0.286. The third kappa shape index (κ3) is 3.84. The zero-order valence-electron chi connectivity index (χ0n) is 11.1. The molecule has 5 nitrogen and oxygen atoms in total. The Morgan fingerprint density at radius 1 is 1.26 bits per heavy atom. The monoisotopic (exact) mass is 264 g/mol. The van der Waals surface area contributed by atoms with Crippen molar-refractivity contribution in [3.8, 4) is 5.75 Å². The summed E-state index contributed by atoms with van der Waals surface area (Å²) in [5.74, 6) is -1.12. The number of hydrogen-bond donors (Lipinski definition) is 1. The number of phenolic OH excluding ortho intramolecular Hbond substituents is 1. The van der Waals surface area contributed by atoms with Crippen molar-refractivity contribution in [3.05, 3.63) is 34.9 Å². The molecule has 0 aliphatic carbocycles. The predicted octanol–water partition coefficient (Wildman–Crippen LogP) is 1.82. The summed E-state index contributed by atoms with van der Waals surface area (Å²) in [6.07, 6.45) is 1.21. The number of hydrogen-bond acceptors (Lipinski definition) is 5. The molecule has 0 heterocycles. The van der Waals surface area contributed by atoms with Crippen LogP contribution in [0.15, 0.2) is 23.8 Å². The van der Waals surface area contributed by atoms with Crippen molar-refractivity contribution >= 4 is 18.0 Å². The molecular weight excluding hydrogens is 248 g/mol. The highest BCUT2D eigenvalue weighted by Gasteiger charge is 2.16. The lowest BCUT2D eigenvalue weighted by molar-refractivity contribution is -0.143. The summed E-state index contributed by atoms with van der Waals surface area (Å²) in [5, 5.41) is 9.88. The van der Waals surface area contributed by atoms with Gasteiger partial charge in [0.05, 0.1) is 20.6 Å². The van der Waals surface area contributed by atoms with E-state index in [4.69, 9.17) is 0 Å². The lowest BCUT2D eigenvalue weighted by Gasteiger charge is -2.07. The minimum Gasteiger partial charge on any atom is -0.507 e. The van der Waals surface area contributed by atoms with Crippen LogP contribution in [0.1, 0.15) is 17.5 Å². The van der Waals surface area contributed by atoms with Gasteiger partial charge in [0, 0.05) is 11.1 Å². The van der Waals surface area contributed by atoms with Gasteiger partial charge >= 0.3 is 11.9 Å². The van der Waals surface area contributed by atoms with Crippen LogP contribution < -0.4 is 0 Å². The number of phenols is 1. The molecule has 1 aromatic carbocycles. The second kappa shape index (κ2) is 6.58. The van der Waals surface area contributed by atoms with E-state index in [1.807, 2.05) is 0 Å². The Labute approximate surface area is 111 Å². The summed E-state index contributed by atoms with van der Waals surface area (Å²) in [6.45, 7) is 1.74. The van der Waals surface area contributed by atoms with Gasteiger partial charge in [-0.3, -0.25) is 4.79 Å². The fourth-order valence-electron chi connectivity index (χ4n) is 1.53. The first kappa shape index (κ1) is 14.8. The largest absolute Gasteiger partial charge is 0.507 e. The molecule has 0 amide bonds. The zero-order chi connectivity index (χ0) is 14.4. The van der Waals surface area contributed by atoms with Gasteiger partial charge in [0.15, 0.2) is 0 Å². The maximum absolute atomic E-state index is 11.6. The molecule has 19 heavy (non-hydrogen) atoms. The van der Waals surface area contributed by atoms with Gasteiger partial charge in [0.1, 0.15) is 5.75 Å². The van der Waals surface area contributed by atoms with E-state index in [9.17, 15) is 14.7 Å². The van der Waals surface area contributed by atoms with Crippen molar-refractivity contribution in [3.63, 3.8) is 0 Å². The van der Waals surface area contributed by atoms with E-state index in [1.54, 1.807) is 25.1 Å². The van der Waals surface area contributed by atoms with Gasteiger partial charge in [-0.25, -0.2) is 4.79 Å². The van der Waals surface area contributed by atoms with Crippen molar-refractivity contribution in [2.24, 2.45) is 0 Å². The molecule has 0 atom stereocenters. The Balaban J connectivity index is 3.16. The number of para-hydroxylation sites is 1. The van der Waals surface area contributed by atoms with E-state index in [0.717, 1.165) is 0 Å². The van der Waals surface area contributed by atoms with Crippen LogP contribution in [0.2, 0.25) is 0 Å². The standard InChI is InChI=1S/C14H16O5/c1-9-5-4-6-10(13(9)16)7-11(14(17)19-3)8-12(15)18-2/h4-7,16H,8H2,1-3H3. The predicted molar refractivity (Wildman–Crippen MR) is 69.5 cm³/mol. The third-order valence-electron chi connectivity index (χ3n) is 2.61. The maximum atomic E-state index is 11.6. The van der Waals surface area contributed by atoms with Crippen LogP contribution in [0.3, 0.4) is 0 Å². The molecule has 0 fully saturated rings. The Hall–Kier alpha value is -2.30. The van der Waals surface area contributed by atoms with Crippen molar-refractivity contribution in [2.75, 3.05) is 14.2 Å². The maximum Gasteiger partial charge on any atom is 0.334 e. The van der Waals surface area contributed by atoms with Gasteiger partial charge in [-0.15, -0.1) is 0 Å². The average Bonchev–Trinajstić information content (AvgIpc) is 2.41. The molecule has 5 heteroatoms. The summed E-state index contributed by atoms with van der Waals surface area (Å²) in [5.41, 5.74) is 1.25. The summed E-state index contributed by atoms with van der Waals surface area (Å²) >= 11 is 0. The molecule has 0 radical (unpaired) electrons. The van der Waals surface area contributed by atoms with Crippen molar-refractivity contribution < 1.29 is 24.2 Å². The average molecular weight is 264 g/mol. The Kier molecular flexibility index (Phi) is 5.11. The number of aromatic hydroxyl groups is 1. The highest BCUT2D eigenvalue weighted by atomic mass is 16.5. The number of benzene rings is 1. The highest BCUT2D eigenvalue weighted by molar-refractivity contribution is 5.98. The van der Waals surface area contributed by atoms with Crippen molar-refractivity contribution in [1.29, 1.82) is 0 Å². The number of esters is 2. The van der Waals surface area contributed by atoms with Crippen LogP contribution in [0.4, 0.5) is 0 Å². The third-order valence-corrected chi connectivity index (χ3v) is 2.61. The minimum atomic E-state index is -0.633. The van der Waals surface area contributed by atoms with E-state index >= 15 is 0 Å². The van der Waals surface area contributed by atoms with E-state index in [0.29, 0.717) is 11.1 Å². The summed E-state index contributed by atoms with van der Waals surface area (Å²) in [6, 6.07) is 5.13. The SMILES string of the molecule is COC(=O)CC(=Cc1cccc(C)c1O)C(=O)OC. The fourth-order valence-corrected chi connectivity index (χ4v) is 1.53. The lowest BCUT2D eigenvalue weighted by Crippen LogP contribution is -2.11. The zero-order valence-corrected chi connectivity index (χ0v) is 11.1. The molecule has 0 aliphatic heterocycles. The van der Waals surface area contributed by atoms with Crippen molar-refractivity contribution in [1.82, 2.24) is 0 Å².